The highest BCUT2D eigenvalue weighted by molar-refractivity contribution is 5.95. The van der Waals surface area contributed by atoms with Crippen molar-refractivity contribution in [1.29, 1.82) is 0 Å². The summed E-state index contributed by atoms with van der Waals surface area (Å²) in [5, 5.41) is 19.2. The number of hydrogen-bond acceptors (Lipinski definition) is 7. The second-order valence-electron chi connectivity index (χ2n) is 9.63. The van der Waals surface area contributed by atoms with E-state index in [9.17, 15) is 14.9 Å². The average molecular weight is 520 g/mol. The maximum Gasteiger partial charge on any atom is 0.269 e. The highest BCUT2D eigenvalue weighted by atomic mass is 16.6. The van der Waals surface area contributed by atoms with Gasteiger partial charge < -0.3 is 10.2 Å². The van der Waals surface area contributed by atoms with Gasteiger partial charge in [-0.2, -0.15) is 5.10 Å². The van der Waals surface area contributed by atoms with Gasteiger partial charge in [-0.3, -0.25) is 14.9 Å². The number of fused-ring (bicyclic) bond motifs is 1. The number of nitrogens with one attached hydrogen (secondary N) is 1. The van der Waals surface area contributed by atoms with Crippen LogP contribution in [0, 0.1) is 16.0 Å². The molecule has 0 bridgehead atoms. The molecule has 2 aromatic carbocycles. The minimum absolute atomic E-state index is 0.0421. The maximum absolute atomic E-state index is 13.1. The highest BCUT2D eigenvalue weighted by Crippen LogP contribution is 2.34. The maximum atomic E-state index is 13.1. The Labute approximate surface area is 224 Å². The van der Waals surface area contributed by atoms with Gasteiger partial charge in [0.15, 0.2) is 0 Å². The molecule has 39 heavy (non-hydrogen) atoms. The normalized spacial score (nSPS) is 16.9. The van der Waals surface area contributed by atoms with Crippen LogP contribution in [0.25, 0.3) is 28.0 Å². The van der Waals surface area contributed by atoms with Crippen LogP contribution in [0.15, 0.2) is 91.3 Å². The van der Waals surface area contributed by atoms with E-state index in [2.05, 4.69) is 17.2 Å². The summed E-state index contributed by atoms with van der Waals surface area (Å²) < 4.78 is 1.85. The van der Waals surface area contributed by atoms with Gasteiger partial charge in [-0.05, 0) is 36.2 Å². The molecule has 1 fully saturated rings. The summed E-state index contributed by atoms with van der Waals surface area (Å²) in [6.45, 7) is 3.10. The van der Waals surface area contributed by atoms with E-state index >= 15 is 0 Å². The smallest absolute Gasteiger partial charge is 0.269 e. The van der Waals surface area contributed by atoms with Crippen molar-refractivity contribution < 1.29 is 9.72 Å². The van der Waals surface area contributed by atoms with Crippen molar-refractivity contribution in [3.05, 3.63) is 107 Å². The number of hydrogen-bond donors (Lipinski definition) is 1. The summed E-state index contributed by atoms with van der Waals surface area (Å²) in [7, 11) is 0. The average Bonchev–Trinajstić information content (AvgIpc) is 3.54. The van der Waals surface area contributed by atoms with Crippen LogP contribution in [-0.2, 0) is 0 Å². The molecule has 0 aliphatic carbocycles. The molecule has 194 valence electrons. The standard InChI is InChI=1S/C29H25N7O3/c1-19-17-34(28(37)21-10-12-22(13-11-21)36(38)39)18-24(19)32-29-30-15-14-23(31-29)26-25-9-5-6-16-35(25)33-27(26)20-7-3-2-4-8-20/h2-16,19,24H,17-18H2,1H3,(H,30,31,32)/t19-,24-/m1/s1. The van der Waals surface area contributed by atoms with Crippen LogP contribution in [0.3, 0.4) is 0 Å². The number of aromatic nitrogens is 4. The Balaban J connectivity index is 1.25. The first-order chi connectivity index (χ1) is 19.0. The van der Waals surface area contributed by atoms with Crippen LogP contribution < -0.4 is 5.32 Å². The minimum Gasteiger partial charge on any atom is -0.349 e. The molecule has 5 aromatic rings. The zero-order chi connectivity index (χ0) is 26.9. The van der Waals surface area contributed by atoms with Gasteiger partial charge >= 0.3 is 0 Å². The number of nitro benzene ring substituents is 1. The largest absolute Gasteiger partial charge is 0.349 e. The second-order valence-corrected chi connectivity index (χ2v) is 9.63. The molecule has 0 unspecified atom stereocenters. The van der Waals surface area contributed by atoms with Crippen molar-refractivity contribution in [1.82, 2.24) is 24.5 Å². The summed E-state index contributed by atoms with van der Waals surface area (Å²) >= 11 is 0. The number of nitro groups is 1. The molecule has 2 atom stereocenters. The molecule has 1 saturated heterocycles. The molecular formula is C29H25N7O3. The Morgan fingerprint density at radius 1 is 1.00 bits per heavy atom. The molecule has 1 aliphatic rings. The number of likely N-dealkylation sites (tertiary alicyclic amines) is 1. The van der Waals surface area contributed by atoms with Gasteiger partial charge in [0.1, 0.15) is 5.69 Å². The molecule has 1 amide bonds. The summed E-state index contributed by atoms with van der Waals surface area (Å²) in [5.41, 5.74) is 4.82. The van der Waals surface area contributed by atoms with E-state index in [0.29, 0.717) is 24.6 Å². The van der Waals surface area contributed by atoms with E-state index in [0.717, 1.165) is 28.0 Å². The molecule has 4 heterocycles. The number of benzene rings is 2. The number of anilines is 1. The molecule has 0 radical (unpaired) electrons. The Bertz CT molecular complexity index is 1670. The third-order valence-corrected chi connectivity index (χ3v) is 7.04. The van der Waals surface area contributed by atoms with Gasteiger partial charge in [-0.1, -0.05) is 43.3 Å². The van der Waals surface area contributed by atoms with Crippen LogP contribution in [-0.4, -0.2) is 54.4 Å². The van der Waals surface area contributed by atoms with E-state index in [4.69, 9.17) is 10.1 Å². The van der Waals surface area contributed by atoms with Crippen LogP contribution in [0.4, 0.5) is 11.6 Å². The molecular weight excluding hydrogens is 494 g/mol. The fourth-order valence-corrected chi connectivity index (χ4v) is 5.01. The van der Waals surface area contributed by atoms with Crippen molar-refractivity contribution in [2.75, 3.05) is 18.4 Å². The van der Waals surface area contributed by atoms with Crippen molar-refractivity contribution >= 4 is 23.1 Å². The lowest BCUT2D eigenvalue weighted by Crippen LogP contribution is -2.32. The summed E-state index contributed by atoms with van der Waals surface area (Å²) in [4.78, 5) is 34.6. The molecule has 1 aliphatic heterocycles. The molecule has 10 heteroatoms. The molecule has 0 spiro atoms. The Morgan fingerprint density at radius 3 is 2.54 bits per heavy atom. The highest BCUT2D eigenvalue weighted by Gasteiger charge is 2.33. The summed E-state index contributed by atoms with van der Waals surface area (Å²) in [6, 6.07) is 23.5. The fourth-order valence-electron chi connectivity index (χ4n) is 5.01. The van der Waals surface area contributed by atoms with Crippen molar-refractivity contribution in [2.24, 2.45) is 5.92 Å². The summed E-state index contributed by atoms with van der Waals surface area (Å²) in [5.74, 6) is 0.467. The molecule has 3 aromatic heterocycles. The number of carbonyl (C=O) groups is 1. The minimum atomic E-state index is -0.476. The third kappa shape index (κ3) is 4.68. The lowest BCUT2D eigenvalue weighted by atomic mass is 10.0. The van der Waals surface area contributed by atoms with Crippen LogP contribution in [0.5, 0.6) is 0 Å². The number of carbonyl (C=O) groups excluding carboxylic acids is 1. The van der Waals surface area contributed by atoms with Gasteiger partial charge in [0.05, 0.1) is 27.7 Å². The number of amides is 1. The van der Waals surface area contributed by atoms with Crippen molar-refractivity contribution in [3.63, 3.8) is 0 Å². The van der Waals surface area contributed by atoms with Gasteiger partial charge in [-0.25, -0.2) is 14.5 Å². The third-order valence-electron chi connectivity index (χ3n) is 7.04. The zero-order valence-corrected chi connectivity index (χ0v) is 21.1. The van der Waals surface area contributed by atoms with Crippen LogP contribution in [0.2, 0.25) is 0 Å². The first-order valence-corrected chi connectivity index (χ1v) is 12.6. The summed E-state index contributed by atoms with van der Waals surface area (Å²) in [6.07, 6.45) is 3.65. The monoisotopic (exact) mass is 519 g/mol. The van der Waals surface area contributed by atoms with Gasteiger partial charge in [0, 0.05) is 48.7 Å². The van der Waals surface area contributed by atoms with E-state index in [1.165, 1.54) is 24.3 Å². The topological polar surface area (TPSA) is 119 Å². The molecule has 1 N–H and O–H groups in total. The van der Waals surface area contributed by atoms with Crippen LogP contribution >= 0.6 is 0 Å². The Hall–Kier alpha value is -5.12. The number of nitrogens with zero attached hydrogens (tertiary/aromatic N) is 6. The first-order valence-electron chi connectivity index (χ1n) is 12.6. The van der Waals surface area contributed by atoms with Gasteiger partial charge in [-0.15, -0.1) is 0 Å². The SMILES string of the molecule is C[C@@H]1CN(C(=O)c2ccc([N+](=O)[O-])cc2)C[C@H]1Nc1nccc(-c2c(-c3ccccc3)nn3ccccc23)n1. The number of rotatable bonds is 6. The van der Waals surface area contributed by atoms with Crippen molar-refractivity contribution in [2.45, 2.75) is 13.0 Å². The Kier molecular flexibility index (Phi) is 6.20. The van der Waals surface area contributed by atoms with E-state index in [-0.39, 0.29) is 23.6 Å². The lowest BCUT2D eigenvalue weighted by molar-refractivity contribution is -0.384. The Morgan fingerprint density at radius 2 is 1.77 bits per heavy atom. The van der Waals surface area contributed by atoms with Crippen molar-refractivity contribution in [3.8, 4) is 22.5 Å². The fraction of sp³-hybridized carbons (Fsp3) is 0.172. The van der Waals surface area contributed by atoms with Gasteiger partial charge in [0.2, 0.25) is 5.95 Å². The first kappa shape index (κ1) is 24.2. The predicted octanol–water partition coefficient (Wildman–Crippen LogP) is 4.94. The second kappa shape index (κ2) is 9.97. The number of non-ortho nitro benzene ring substituents is 1. The van der Waals surface area contributed by atoms with E-state index in [1.807, 2.05) is 65.3 Å². The zero-order valence-electron chi connectivity index (χ0n) is 21.1. The lowest BCUT2D eigenvalue weighted by Gasteiger charge is -2.18. The molecule has 6 rings (SSSR count). The molecule has 0 saturated carbocycles. The number of pyridine rings is 1. The van der Waals surface area contributed by atoms with E-state index in [1.54, 1.807) is 11.1 Å². The molecule has 10 nitrogen and oxygen atoms in total. The quantitative estimate of drug-likeness (QED) is 0.249. The predicted molar refractivity (Wildman–Crippen MR) is 147 cm³/mol. The van der Waals surface area contributed by atoms with Crippen LogP contribution in [0.1, 0.15) is 17.3 Å². The van der Waals surface area contributed by atoms with Gasteiger partial charge in [0.25, 0.3) is 11.6 Å². The van der Waals surface area contributed by atoms with E-state index < -0.39 is 4.92 Å².